The lowest BCUT2D eigenvalue weighted by Gasteiger charge is -2.20. The summed E-state index contributed by atoms with van der Waals surface area (Å²) >= 11 is 0. The molecule has 1 amide bonds. The molecule has 0 bridgehead atoms. The molecule has 0 fully saturated rings. The number of carbonyl (C=O) groups excluding carboxylic acids is 1. The van der Waals surface area contributed by atoms with Crippen LogP contribution in [0.1, 0.15) is 37.0 Å². The van der Waals surface area contributed by atoms with Crippen molar-refractivity contribution in [2.75, 3.05) is 6.54 Å². The zero-order valence-corrected chi connectivity index (χ0v) is 13.0. The maximum absolute atomic E-state index is 12.3. The van der Waals surface area contributed by atoms with Crippen molar-refractivity contribution in [1.82, 2.24) is 15.5 Å². The summed E-state index contributed by atoms with van der Waals surface area (Å²) in [6.45, 7) is 4.34. The Labute approximate surface area is 130 Å². The van der Waals surface area contributed by atoms with Gasteiger partial charge < -0.3 is 10.4 Å². The lowest BCUT2D eigenvalue weighted by Crippen LogP contribution is -2.36. The van der Waals surface area contributed by atoms with Crippen LogP contribution >= 0.6 is 0 Å². The summed E-state index contributed by atoms with van der Waals surface area (Å²) in [7, 11) is 0. The molecule has 5 heteroatoms. The van der Waals surface area contributed by atoms with Crippen LogP contribution in [-0.2, 0) is 0 Å². The summed E-state index contributed by atoms with van der Waals surface area (Å²) in [4.78, 5) is 12.3. The van der Waals surface area contributed by atoms with Crippen molar-refractivity contribution in [2.24, 2.45) is 5.92 Å². The number of aliphatic hydroxyl groups is 1. The molecule has 2 aromatic rings. The molecule has 0 radical (unpaired) electrons. The number of amides is 1. The van der Waals surface area contributed by atoms with Crippen LogP contribution in [0.15, 0.2) is 36.5 Å². The number of hydrogen-bond donors (Lipinski definition) is 3. The van der Waals surface area contributed by atoms with Crippen LogP contribution < -0.4 is 5.32 Å². The summed E-state index contributed by atoms with van der Waals surface area (Å²) in [5.41, 5.74) is 2.09. The molecule has 22 heavy (non-hydrogen) atoms. The zero-order chi connectivity index (χ0) is 15.9. The highest BCUT2D eigenvalue weighted by Crippen LogP contribution is 2.20. The second kappa shape index (κ2) is 7.75. The predicted molar refractivity (Wildman–Crippen MR) is 86.4 cm³/mol. The average Bonchev–Trinajstić information content (AvgIpc) is 3.04. The Morgan fingerprint density at radius 2 is 1.95 bits per heavy atom. The highest BCUT2D eigenvalue weighted by molar-refractivity contribution is 5.99. The van der Waals surface area contributed by atoms with Gasteiger partial charge in [0.05, 0.1) is 23.6 Å². The zero-order valence-electron chi connectivity index (χ0n) is 13.0. The minimum Gasteiger partial charge on any atom is -0.391 e. The maximum atomic E-state index is 12.3. The third kappa shape index (κ3) is 3.74. The smallest absolute Gasteiger partial charge is 0.255 e. The summed E-state index contributed by atoms with van der Waals surface area (Å²) in [5.74, 6) is -0.0177. The number of nitrogens with zero attached hydrogens (tertiary/aromatic N) is 1. The second-order valence-electron chi connectivity index (χ2n) is 5.38. The molecule has 0 aliphatic carbocycles. The molecule has 0 saturated carbocycles. The summed E-state index contributed by atoms with van der Waals surface area (Å²) in [5, 5.41) is 19.7. The van der Waals surface area contributed by atoms with Crippen molar-refractivity contribution in [3.8, 4) is 11.3 Å². The molecule has 1 aromatic carbocycles. The van der Waals surface area contributed by atoms with E-state index in [9.17, 15) is 9.90 Å². The molecule has 3 N–H and O–H groups in total. The van der Waals surface area contributed by atoms with Gasteiger partial charge >= 0.3 is 0 Å². The molecule has 5 nitrogen and oxygen atoms in total. The molecule has 1 heterocycles. The van der Waals surface area contributed by atoms with Crippen molar-refractivity contribution < 1.29 is 9.90 Å². The lowest BCUT2D eigenvalue weighted by atomic mass is 9.96. The first-order chi connectivity index (χ1) is 10.7. The molecule has 2 rings (SSSR count). The van der Waals surface area contributed by atoms with Crippen LogP contribution in [0.3, 0.4) is 0 Å². The van der Waals surface area contributed by atoms with Crippen LogP contribution in [0.4, 0.5) is 0 Å². The Bertz CT molecular complexity index is 591. The van der Waals surface area contributed by atoms with Gasteiger partial charge in [-0.2, -0.15) is 5.10 Å². The Balaban J connectivity index is 2.04. The van der Waals surface area contributed by atoms with Crippen molar-refractivity contribution >= 4 is 5.91 Å². The number of H-pyrrole nitrogens is 1. The van der Waals surface area contributed by atoms with Crippen LogP contribution in [0.5, 0.6) is 0 Å². The van der Waals surface area contributed by atoms with E-state index in [1.807, 2.05) is 44.2 Å². The topological polar surface area (TPSA) is 78.0 Å². The minimum absolute atomic E-state index is 0.207. The molecule has 1 unspecified atom stereocenters. The quantitative estimate of drug-likeness (QED) is 0.735. The minimum atomic E-state index is -0.522. The molecule has 1 aromatic heterocycles. The molecule has 0 aliphatic rings. The van der Waals surface area contributed by atoms with Gasteiger partial charge in [0.1, 0.15) is 0 Å². The highest BCUT2D eigenvalue weighted by Gasteiger charge is 2.19. The first-order valence-corrected chi connectivity index (χ1v) is 7.72. The Hall–Kier alpha value is -2.14. The van der Waals surface area contributed by atoms with Crippen LogP contribution in [0.2, 0.25) is 0 Å². The normalized spacial score (nSPS) is 12.4. The SMILES string of the molecule is CCC(CC)C(O)CNC(=O)c1cn[nH]c1-c1ccccc1. The van der Waals surface area contributed by atoms with E-state index < -0.39 is 6.10 Å². The molecular weight excluding hydrogens is 278 g/mol. The fourth-order valence-electron chi connectivity index (χ4n) is 2.58. The molecule has 1 atom stereocenters. The van der Waals surface area contributed by atoms with Gasteiger partial charge in [0.15, 0.2) is 0 Å². The van der Waals surface area contributed by atoms with Crippen LogP contribution in [0.25, 0.3) is 11.3 Å². The number of aromatic nitrogens is 2. The van der Waals surface area contributed by atoms with Gasteiger partial charge in [0.25, 0.3) is 5.91 Å². The van der Waals surface area contributed by atoms with E-state index in [1.54, 1.807) is 0 Å². The number of aliphatic hydroxyl groups excluding tert-OH is 1. The summed E-state index contributed by atoms with van der Waals surface area (Å²) in [6.07, 6.45) is 2.79. The van der Waals surface area contributed by atoms with Gasteiger partial charge in [-0.1, -0.05) is 57.0 Å². The van der Waals surface area contributed by atoms with Gasteiger partial charge in [-0.15, -0.1) is 0 Å². The molecule has 118 valence electrons. The van der Waals surface area contributed by atoms with Crippen molar-refractivity contribution in [2.45, 2.75) is 32.8 Å². The Morgan fingerprint density at radius 3 is 2.59 bits per heavy atom. The van der Waals surface area contributed by atoms with E-state index in [4.69, 9.17) is 0 Å². The highest BCUT2D eigenvalue weighted by atomic mass is 16.3. The summed E-state index contributed by atoms with van der Waals surface area (Å²) in [6, 6.07) is 9.59. The van der Waals surface area contributed by atoms with Crippen molar-refractivity contribution in [3.63, 3.8) is 0 Å². The van der Waals surface area contributed by atoms with Gasteiger partial charge in [0.2, 0.25) is 0 Å². The Morgan fingerprint density at radius 1 is 1.27 bits per heavy atom. The standard InChI is InChI=1S/C17H23N3O2/c1-3-12(4-2)15(21)11-18-17(22)14-10-19-20-16(14)13-8-6-5-7-9-13/h5-10,12,15,21H,3-4,11H2,1-2H3,(H,18,22)(H,19,20). The first kappa shape index (κ1) is 16.2. The van der Waals surface area contributed by atoms with E-state index in [0.717, 1.165) is 18.4 Å². The van der Waals surface area contributed by atoms with Gasteiger partial charge in [-0.3, -0.25) is 9.89 Å². The number of benzene rings is 1. The third-order valence-corrected chi connectivity index (χ3v) is 4.01. The van der Waals surface area contributed by atoms with E-state index in [1.165, 1.54) is 6.20 Å². The first-order valence-electron chi connectivity index (χ1n) is 7.72. The number of nitrogens with one attached hydrogen (secondary N) is 2. The van der Waals surface area contributed by atoms with Crippen molar-refractivity contribution in [1.29, 1.82) is 0 Å². The van der Waals surface area contributed by atoms with Crippen LogP contribution in [0, 0.1) is 5.92 Å². The van der Waals surface area contributed by atoms with E-state index in [2.05, 4.69) is 15.5 Å². The van der Waals surface area contributed by atoms with E-state index >= 15 is 0 Å². The van der Waals surface area contributed by atoms with Crippen LogP contribution in [-0.4, -0.2) is 33.9 Å². The Kier molecular flexibility index (Phi) is 5.72. The fraction of sp³-hybridized carbons (Fsp3) is 0.412. The van der Waals surface area contributed by atoms with E-state index in [-0.39, 0.29) is 18.4 Å². The van der Waals surface area contributed by atoms with E-state index in [0.29, 0.717) is 11.3 Å². The molecule has 0 saturated heterocycles. The largest absolute Gasteiger partial charge is 0.391 e. The van der Waals surface area contributed by atoms with Gasteiger partial charge in [0, 0.05) is 12.1 Å². The monoisotopic (exact) mass is 301 g/mol. The number of rotatable bonds is 7. The average molecular weight is 301 g/mol. The maximum Gasteiger partial charge on any atom is 0.255 e. The predicted octanol–water partition coefficient (Wildman–Crippen LogP) is 2.60. The van der Waals surface area contributed by atoms with Gasteiger partial charge in [-0.05, 0) is 5.92 Å². The molecular formula is C17H23N3O2. The van der Waals surface area contributed by atoms with Crippen molar-refractivity contribution in [3.05, 3.63) is 42.1 Å². The lowest BCUT2D eigenvalue weighted by molar-refractivity contribution is 0.0817. The number of carbonyl (C=O) groups is 1. The van der Waals surface area contributed by atoms with Gasteiger partial charge in [-0.25, -0.2) is 0 Å². The molecule has 0 aliphatic heterocycles. The third-order valence-electron chi connectivity index (χ3n) is 4.01. The molecule has 0 spiro atoms. The summed E-state index contributed by atoms with van der Waals surface area (Å²) < 4.78 is 0. The number of hydrogen-bond acceptors (Lipinski definition) is 3. The number of aromatic amines is 1. The second-order valence-corrected chi connectivity index (χ2v) is 5.38. The fourth-order valence-corrected chi connectivity index (χ4v) is 2.58.